The SMILES string of the molecule is CC(C)(C)OC(=O)N1CCc2sc(C(=O)N3CC[C@H](NS(=O)(=O)c4ccc5cc(Cl)ccc5c4)C3)cc2C1. The first-order chi connectivity index (χ1) is 17.9. The molecule has 5 rings (SSSR count). The number of nitrogens with zero attached hydrogens (tertiary/aromatic N) is 2. The van der Waals surface area contributed by atoms with Gasteiger partial charge in [-0.2, -0.15) is 0 Å². The van der Waals surface area contributed by atoms with Gasteiger partial charge in [-0.25, -0.2) is 17.9 Å². The van der Waals surface area contributed by atoms with Crippen LogP contribution in [-0.2, 0) is 27.7 Å². The Morgan fingerprint density at radius 2 is 1.79 bits per heavy atom. The molecule has 1 atom stereocenters. The van der Waals surface area contributed by atoms with Crippen molar-refractivity contribution in [2.75, 3.05) is 19.6 Å². The van der Waals surface area contributed by atoms with E-state index >= 15 is 0 Å². The van der Waals surface area contributed by atoms with E-state index in [9.17, 15) is 18.0 Å². The smallest absolute Gasteiger partial charge is 0.410 e. The van der Waals surface area contributed by atoms with E-state index in [0.717, 1.165) is 21.2 Å². The minimum absolute atomic E-state index is 0.113. The summed E-state index contributed by atoms with van der Waals surface area (Å²) in [4.78, 5) is 31.0. The number of amides is 2. The molecule has 8 nitrogen and oxygen atoms in total. The first-order valence-electron chi connectivity index (χ1n) is 12.5. The third-order valence-electron chi connectivity index (χ3n) is 6.61. The fraction of sp³-hybridized carbons (Fsp3) is 0.407. The lowest BCUT2D eigenvalue weighted by atomic mass is 10.1. The number of fused-ring (bicyclic) bond motifs is 2. The highest BCUT2D eigenvalue weighted by atomic mass is 35.5. The predicted octanol–water partition coefficient (Wildman–Crippen LogP) is 5.04. The second-order valence-electron chi connectivity index (χ2n) is 10.7. The Hall–Kier alpha value is -2.66. The molecule has 0 bridgehead atoms. The number of halogens is 1. The lowest BCUT2D eigenvalue weighted by Crippen LogP contribution is -2.39. The van der Waals surface area contributed by atoms with Crippen LogP contribution < -0.4 is 4.72 Å². The summed E-state index contributed by atoms with van der Waals surface area (Å²) in [7, 11) is -3.76. The van der Waals surface area contributed by atoms with Gasteiger partial charge in [0.05, 0.1) is 16.3 Å². The van der Waals surface area contributed by atoms with Crippen LogP contribution in [0.15, 0.2) is 47.4 Å². The van der Waals surface area contributed by atoms with Crippen LogP contribution in [0.4, 0.5) is 4.79 Å². The summed E-state index contributed by atoms with van der Waals surface area (Å²) in [5, 5.41) is 2.24. The summed E-state index contributed by atoms with van der Waals surface area (Å²) >= 11 is 7.48. The van der Waals surface area contributed by atoms with E-state index in [1.165, 1.54) is 11.3 Å². The fourth-order valence-electron chi connectivity index (χ4n) is 4.77. The van der Waals surface area contributed by atoms with Gasteiger partial charge in [-0.15, -0.1) is 11.3 Å². The lowest BCUT2D eigenvalue weighted by molar-refractivity contribution is 0.0225. The summed E-state index contributed by atoms with van der Waals surface area (Å²) < 4.78 is 34.4. The lowest BCUT2D eigenvalue weighted by Gasteiger charge is -2.29. The third-order valence-corrected chi connectivity index (χ3v) is 9.59. The van der Waals surface area contributed by atoms with Crippen molar-refractivity contribution in [2.45, 2.75) is 56.7 Å². The van der Waals surface area contributed by atoms with Crippen LogP contribution in [0.1, 0.15) is 47.3 Å². The summed E-state index contributed by atoms with van der Waals surface area (Å²) in [6, 6.07) is 11.7. The molecule has 1 aromatic heterocycles. The number of hydrogen-bond acceptors (Lipinski definition) is 6. The molecule has 3 aromatic rings. The molecule has 1 saturated heterocycles. The Morgan fingerprint density at radius 1 is 1.05 bits per heavy atom. The zero-order valence-electron chi connectivity index (χ0n) is 21.5. The average molecular weight is 576 g/mol. The summed E-state index contributed by atoms with van der Waals surface area (Å²) in [5.41, 5.74) is 0.397. The van der Waals surface area contributed by atoms with Crippen LogP contribution in [0.25, 0.3) is 10.8 Å². The number of likely N-dealkylation sites (tertiary alicyclic amines) is 1. The van der Waals surface area contributed by atoms with Crippen LogP contribution in [0.2, 0.25) is 5.02 Å². The van der Waals surface area contributed by atoms with Crippen LogP contribution in [0, 0.1) is 0 Å². The number of ether oxygens (including phenoxy) is 1. The molecule has 2 aliphatic rings. The molecule has 2 aliphatic heterocycles. The van der Waals surface area contributed by atoms with E-state index in [1.807, 2.05) is 26.8 Å². The van der Waals surface area contributed by atoms with Gasteiger partial charge in [0.15, 0.2) is 0 Å². The molecule has 3 heterocycles. The van der Waals surface area contributed by atoms with Crippen LogP contribution >= 0.6 is 22.9 Å². The zero-order chi connectivity index (χ0) is 27.2. The number of carbonyl (C=O) groups is 2. The monoisotopic (exact) mass is 575 g/mol. The first kappa shape index (κ1) is 26.9. The van der Waals surface area contributed by atoms with Crippen molar-refractivity contribution in [2.24, 2.45) is 0 Å². The minimum atomic E-state index is -3.76. The highest BCUT2D eigenvalue weighted by molar-refractivity contribution is 7.89. The molecule has 0 radical (unpaired) electrons. The van der Waals surface area contributed by atoms with Crippen LogP contribution in [0.5, 0.6) is 0 Å². The van der Waals surface area contributed by atoms with Gasteiger partial charge >= 0.3 is 6.09 Å². The Morgan fingerprint density at radius 3 is 2.55 bits per heavy atom. The Balaban J connectivity index is 1.22. The van der Waals surface area contributed by atoms with Crippen molar-refractivity contribution in [1.29, 1.82) is 0 Å². The number of thiophene rings is 1. The summed E-state index contributed by atoms with van der Waals surface area (Å²) in [5.74, 6) is -0.113. The largest absolute Gasteiger partial charge is 0.444 e. The van der Waals surface area contributed by atoms with Crippen LogP contribution in [0.3, 0.4) is 0 Å². The molecule has 0 unspecified atom stereocenters. The van der Waals surface area contributed by atoms with Gasteiger partial charge in [-0.1, -0.05) is 23.7 Å². The standard InChI is InChI=1S/C27H30ClN3O5S2/c1-27(2,3)36-26(33)31-11-9-23-19(15-31)14-24(37-23)25(32)30-10-8-21(16-30)29-38(34,35)22-7-5-17-12-20(28)6-4-18(17)13-22/h4-7,12-14,21,29H,8-11,15-16H2,1-3H3/t21-/m0/s1. The fourth-order valence-corrected chi connectivity index (χ4v) is 7.37. The second kappa shape index (κ2) is 10.1. The topological polar surface area (TPSA) is 96.0 Å². The van der Waals surface area contributed by atoms with Gasteiger partial charge < -0.3 is 14.5 Å². The molecule has 0 saturated carbocycles. The normalized spacial score (nSPS) is 18.1. The van der Waals surface area contributed by atoms with Crippen molar-refractivity contribution < 1.29 is 22.7 Å². The number of hydrogen-bond donors (Lipinski definition) is 1. The van der Waals surface area contributed by atoms with E-state index in [0.29, 0.717) is 48.9 Å². The highest BCUT2D eigenvalue weighted by Gasteiger charge is 2.33. The van der Waals surface area contributed by atoms with E-state index in [-0.39, 0.29) is 22.9 Å². The Bertz CT molecular complexity index is 1510. The van der Waals surface area contributed by atoms with Crippen molar-refractivity contribution in [3.05, 3.63) is 62.8 Å². The third kappa shape index (κ3) is 5.83. The van der Waals surface area contributed by atoms with E-state index in [1.54, 1.807) is 46.2 Å². The zero-order valence-corrected chi connectivity index (χ0v) is 23.9. The molecule has 38 heavy (non-hydrogen) atoms. The molecular weight excluding hydrogens is 546 g/mol. The molecule has 11 heteroatoms. The number of sulfonamides is 1. The molecular formula is C27H30ClN3O5S2. The second-order valence-corrected chi connectivity index (χ2v) is 14.0. The van der Waals surface area contributed by atoms with Crippen LogP contribution in [-0.4, -0.2) is 61.5 Å². The molecule has 2 aromatic carbocycles. The van der Waals surface area contributed by atoms with Gasteiger partial charge in [-0.3, -0.25) is 4.79 Å². The van der Waals surface area contributed by atoms with Gasteiger partial charge in [0.1, 0.15) is 5.60 Å². The quantitative estimate of drug-likeness (QED) is 0.470. The van der Waals surface area contributed by atoms with Crippen molar-refractivity contribution in [3.8, 4) is 0 Å². The van der Waals surface area contributed by atoms with Gasteiger partial charge in [-0.05, 0) is 80.3 Å². The maximum absolute atomic E-state index is 13.3. The predicted molar refractivity (Wildman–Crippen MR) is 148 cm³/mol. The molecule has 0 aliphatic carbocycles. The Labute approximate surface area is 231 Å². The molecule has 0 spiro atoms. The van der Waals surface area contributed by atoms with Gasteiger partial charge in [0.2, 0.25) is 10.0 Å². The summed E-state index contributed by atoms with van der Waals surface area (Å²) in [6.07, 6.45) is 0.852. The number of benzene rings is 2. The molecule has 202 valence electrons. The van der Waals surface area contributed by atoms with E-state index in [4.69, 9.17) is 16.3 Å². The molecule has 2 amide bonds. The minimum Gasteiger partial charge on any atom is -0.444 e. The van der Waals surface area contributed by atoms with Crippen molar-refractivity contribution >= 4 is 55.7 Å². The van der Waals surface area contributed by atoms with E-state index < -0.39 is 15.6 Å². The number of rotatable bonds is 4. The number of carbonyl (C=O) groups excluding carboxylic acids is 2. The average Bonchev–Trinajstić information content (AvgIpc) is 3.48. The van der Waals surface area contributed by atoms with Gasteiger partial charge in [0, 0.05) is 35.6 Å². The number of nitrogens with one attached hydrogen (secondary N) is 1. The maximum Gasteiger partial charge on any atom is 0.410 e. The van der Waals surface area contributed by atoms with E-state index in [2.05, 4.69) is 4.72 Å². The molecule has 1 fully saturated rings. The van der Waals surface area contributed by atoms with Gasteiger partial charge in [0.25, 0.3) is 5.91 Å². The van der Waals surface area contributed by atoms with Crippen molar-refractivity contribution in [1.82, 2.24) is 14.5 Å². The highest BCUT2D eigenvalue weighted by Crippen LogP contribution is 2.31. The van der Waals surface area contributed by atoms with Crippen molar-refractivity contribution in [3.63, 3.8) is 0 Å². The first-order valence-corrected chi connectivity index (χ1v) is 15.2. The Kier molecular flexibility index (Phi) is 7.19. The summed E-state index contributed by atoms with van der Waals surface area (Å²) in [6.45, 7) is 7.23. The maximum atomic E-state index is 13.3. The molecule has 1 N–H and O–H groups in total.